The van der Waals surface area contributed by atoms with Crippen molar-refractivity contribution in [3.63, 3.8) is 0 Å². The van der Waals surface area contributed by atoms with Gasteiger partial charge >= 0.3 is 12.0 Å². The zero-order valence-corrected chi connectivity index (χ0v) is 18.8. The second-order valence-corrected chi connectivity index (χ2v) is 8.89. The number of ether oxygens (including phenoxy) is 1. The van der Waals surface area contributed by atoms with Crippen LogP contribution in [-0.4, -0.2) is 34.3 Å². The van der Waals surface area contributed by atoms with E-state index in [-0.39, 0.29) is 12.6 Å². The molecule has 0 saturated carbocycles. The van der Waals surface area contributed by atoms with Crippen molar-refractivity contribution in [2.24, 2.45) is 0 Å². The first-order chi connectivity index (χ1) is 15.1. The van der Waals surface area contributed by atoms with Gasteiger partial charge in [0.05, 0.1) is 18.2 Å². The van der Waals surface area contributed by atoms with Crippen molar-refractivity contribution >= 4 is 45.3 Å². The average Bonchev–Trinajstić information content (AvgIpc) is 3.22. The van der Waals surface area contributed by atoms with Crippen LogP contribution in [0.5, 0.6) is 0 Å². The van der Waals surface area contributed by atoms with E-state index in [9.17, 15) is 9.59 Å². The van der Waals surface area contributed by atoms with Crippen molar-refractivity contribution in [1.82, 2.24) is 20.6 Å². The monoisotopic (exact) mass is 454 g/mol. The Morgan fingerprint density at radius 3 is 2.77 bits per heavy atom. The number of esters is 1. The van der Waals surface area contributed by atoms with Crippen LogP contribution in [0, 0.1) is 0 Å². The summed E-state index contributed by atoms with van der Waals surface area (Å²) < 4.78 is 5.32. The van der Waals surface area contributed by atoms with Gasteiger partial charge in [-0.3, -0.25) is 0 Å². The summed E-state index contributed by atoms with van der Waals surface area (Å²) in [5.41, 5.74) is 1.75. The number of thioether (sulfide) groups is 1. The van der Waals surface area contributed by atoms with Gasteiger partial charge in [-0.15, -0.1) is 11.3 Å². The Bertz CT molecular complexity index is 1140. The highest BCUT2D eigenvalue weighted by molar-refractivity contribution is 7.99. The molecule has 1 aliphatic heterocycles. The molecule has 0 unspecified atom stereocenters. The van der Waals surface area contributed by atoms with Gasteiger partial charge in [0, 0.05) is 21.7 Å². The number of nitrogens with one attached hydrogen (secondary N) is 2. The van der Waals surface area contributed by atoms with Crippen LogP contribution in [0.1, 0.15) is 30.3 Å². The maximum atomic E-state index is 12.9. The van der Waals surface area contributed by atoms with Crippen LogP contribution in [0.25, 0.3) is 10.2 Å². The molecule has 1 aromatic carbocycles. The molecule has 3 heterocycles. The van der Waals surface area contributed by atoms with E-state index in [0.717, 1.165) is 27.2 Å². The molecule has 9 heteroatoms. The summed E-state index contributed by atoms with van der Waals surface area (Å²) in [5.74, 6) is -0.0787. The van der Waals surface area contributed by atoms with E-state index in [2.05, 4.69) is 33.6 Å². The molecule has 1 aliphatic rings. The number of amides is 2. The number of urea groups is 1. The predicted molar refractivity (Wildman–Crippen MR) is 122 cm³/mol. The van der Waals surface area contributed by atoms with Crippen LogP contribution in [0.3, 0.4) is 0 Å². The molecule has 0 aliphatic carbocycles. The van der Waals surface area contributed by atoms with Crippen LogP contribution >= 0.6 is 23.1 Å². The molecule has 1 atom stereocenters. The maximum absolute atomic E-state index is 12.9. The lowest BCUT2D eigenvalue weighted by molar-refractivity contribution is -0.139. The third kappa shape index (κ3) is 4.57. The van der Waals surface area contributed by atoms with Gasteiger partial charge in [-0.05, 0) is 25.0 Å². The molecule has 0 saturated heterocycles. The molecule has 7 nitrogen and oxygen atoms in total. The number of carbonyl (C=O) groups excluding carboxylic acids is 2. The maximum Gasteiger partial charge on any atom is 0.338 e. The Hall–Kier alpha value is -2.91. The Morgan fingerprint density at radius 1 is 1.23 bits per heavy atom. The van der Waals surface area contributed by atoms with Crippen molar-refractivity contribution in [2.75, 3.05) is 12.4 Å². The lowest BCUT2D eigenvalue weighted by Crippen LogP contribution is -2.46. The van der Waals surface area contributed by atoms with Crippen LogP contribution in [0.2, 0.25) is 0 Å². The smallest absolute Gasteiger partial charge is 0.338 e. The molecular formula is C22H22N4O3S2. The fourth-order valence-electron chi connectivity index (χ4n) is 3.39. The Balaban J connectivity index is 1.70. The molecule has 0 bridgehead atoms. The number of hydrogen-bond acceptors (Lipinski definition) is 7. The fraction of sp³-hybridized carbons (Fsp3) is 0.273. The van der Waals surface area contributed by atoms with Gasteiger partial charge in [-0.2, -0.15) is 0 Å². The third-order valence-electron chi connectivity index (χ3n) is 4.83. The van der Waals surface area contributed by atoms with Crippen molar-refractivity contribution < 1.29 is 14.3 Å². The number of rotatable bonds is 7. The molecule has 2 aromatic heterocycles. The first-order valence-electron chi connectivity index (χ1n) is 9.99. The number of fused-ring (bicyclic) bond motifs is 1. The van der Waals surface area contributed by atoms with Crippen molar-refractivity contribution in [1.29, 1.82) is 0 Å². The number of thiophene rings is 1. The Kier molecular flexibility index (Phi) is 6.53. The quantitative estimate of drug-likeness (QED) is 0.315. The largest absolute Gasteiger partial charge is 0.463 e. The van der Waals surface area contributed by atoms with Gasteiger partial charge in [0.15, 0.2) is 0 Å². The van der Waals surface area contributed by atoms with Crippen LogP contribution < -0.4 is 10.6 Å². The molecule has 2 N–H and O–H groups in total. The minimum Gasteiger partial charge on any atom is -0.463 e. The summed E-state index contributed by atoms with van der Waals surface area (Å²) >= 11 is 3.12. The normalized spacial score (nSPS) is 16.2. The zero-order valence-electron chi connectivity index (χ0n) is 17.2. The van der Waals surface area contributed by atoms with E-state index in [4.69, 9.17) is 4.74 Å². The molecule has 0 radical (unpaired) electrons. The molecule has 0 spiro atoms. The SMILES string of the molecule is CCOC(=O)C1=C(CSc2ncnc3sc(CC)cc23)NC(=O)N[C@H]1c1ccccc1. The van der Waals surface area contributed by atoms with E-state index in [1.54, 1.807) is 24.6 Å². The molecule has 31 heavy (non-hydrogen) atoms. The van der Waals surface area contributed by atoms with Gasteiger partial charge in [0.2, 0.25) is 0 Å². The number of aryl methyl sites for hydroxylation is 1. The lowest BCUT2D eigenvalue weighted by Gasteiger charge is -2.29. The molecule has 160 valence electrons. The first kappa shape index (κ1) is 21.3. The summed E-state index contributed by atoms with van der Waals surface area (Å²) in [7, 11) is 0. The summed E-state index contributed by atoms with van der Waals surface area (Å²) in [4.78, 5) is 36.2. The van der Waals surface area contributed by atoms with Gasteiger partial charge in [0.1, 0.15) is 16.2 Å². The first-order valence-corrected chi connectivity index (χ1v) is 11.8. The topological polar surface area (TPSA) is 93.2 Å². The highest BCUT2D eigenvalue weighted by Gasteiger charge is 2.33. The van der Waals surface area contributed by atoms with E-state index < -0.39 is 12.0 Å². The lowest BCUT2D eigenvalue weighted by atomic mass is 9.95. The van der Waals surface area contributed by atoms with E-state index in [1.807, 2.05) is 30.3 Å². The molecule has 2 amide bonds. The standard InChI is InChI=1S/C22H22N4O3S2/c1-3-14-10-15-19(23-12-24-20(15)31-14)30-11-16-17(21(27)29-4-2)18(26-22(28)25-16)13-8-6-5-7-9-13/h5-10,12,18H,3-4,11H2,1-2H3,(H2,25,26,28)/t18-/m0/s1. The number of nitrogens with zero attached hydrogens (tertiary/aromatic N) is 2. The van der Waals surface area contributed by atoms with Crippen LogP contribution in [0.4, 0.5) is 4.79 Å². The number of benzene rings is 1. The molecule has 4 rings (SSSR count). The van der Waals surface area contributed by atoms with Gasteiger partial charge in [-0.25, -0.2) is 19.6 Å². The fourth-order valence-corrected chi connectivity index (χ4v) is 5.33. The van der Waals surface area contributed by atoms with Gasteiger partial charge < -0.3 is 15.4 Å². The average molecular weight is 455 g/mol. The molecule has 3 aromatic rings. The second-order valence-electron chi connectivity index (χ2n) is 6.81. The number of hydrogen-bond donors (Lipinski definition) is 2. The van der Waals surface area contributed by atoms with Crippen LogP contribution in [-0.2, 0) is 16.0 Å². The highest BCUT2D eigenvalue weighted by Crippen LogP contribution is 2.34. The van der Waals surface area contributed by atoms with E-state index >= 15 is 0 Å². The van der Waals surface area contributed by atoms with Gasteiger partial charge in [-0.1, -0.05) is 49.0 Å². The minimum absolute atomic E-state index is 0.249. The predicted octanol–water partition coefficient (Wildman–Crippen LogP) is 4.22. The number of carbonyl (C=O) groups is 2. The highest BCUT2D eigenvalue weighted by atomic mass is 32.2. The third-order valence-corrected chi connectivity index (χ3v) is 7.05. The van der Waals surface area contributed by atoms with Gasteiger partial charge in [0.25, 0.3) is 0 Å². The Morgan fingerprint density at radius 2 is 2.03 bits per heavy atom. The molecular weight excluding hydrogens is 432 g/mol. The minimum atomic E-state index is -0.581. The Labute approximate surface area is 188 Å². The summed E-state index contributed by atoms with van der Waals surface area (Å²) in [6.45, 7) is 4.12. The van der Waals surface area contributed by atoms with Crippen molar-refractivity contribution in [2.45, 2.75) is 31.3 Å². The number of aromatic nitrogens is 2. The summed E-state index contributed by atoms with van der Waals surface area (Å²) in [6.07, 6.45) is 2.48. The molecule has 0 fully saturated rings. The van der Waals surface area contributed by atoms with E-state index in [0.29, 0.717) is 17.0 Å². The van der Waals surface area contributed by atoms with Crippen molar-refractivity contribution in [3.05, 3.63) is 64.4 Å². The summed E-state index contributed by atoms with van der Waals surface area (Å²) in [6, 6.07) is 10.6. The van der Waals surface area contributed by atoms with Crippen molar-refractivity contribution in [3.8, 4) is 0 Å². The second kappa shape index (κ2) is 9.49. The summed E-state index contributed by atoms with van der Waals surface area (Å²) in [5, 5.41) is 7.47. The zero-order chi connectivity index (χ0) is 21.8. The van der Waals surface area contributed by atoms with Crippen LogP contribution in [0.15, 0.2) is 59.0 Å². The van der Waals surface area contributed by atoms with E-state index in [1.165, 1.54) is 16.6 Å².